The molecule has 2 aromatic rings. The number of nitrogens with zero attached hydrogens (tertiary/aromatic N) is 2. The summed E-state index contributed by atoms with van der Waals surface area (Å²) in [5, 5.41) is 13.6. The first-order valence-electron chi connectivity index (χ1n) is 9.00. The van der Waals surface area contributed by atoms with Crippen LogP contribution in [0.4, 0.5) is 5.82 Å². The maximum atomic E-state index is 10.2. The van der Waals surface area contributed by atoms with Gasteiger partial charge in [-0.25, -0.2) is 9.97 Å². The van der Waals surface area contributed by atoms with Crippen LogP contribution in [0.25, 0.3) is 11.3 Å². The number of benzene rings is 1. The average Bonchev–Trinajstić information content (AvgIpc) is 2.65. The summed E-state index contributed by atoms with van der Waals surface area (Å²) in [6, 6.07) is 5.89. The van der Waals surface area contributed by atoms with E-state index >= 15 is 0 Å². The first-order valence-corrected chi connectivity index (χ1v) is 9.00. The lowest BCUT2D eigenvalue weighted by Gasteiger charge is -2.20. The van der Waals surface area contributed by atoms with Crippen LogP contribution in [0, 0.1) is 6.92 Å². The SMILES string of the molecule is CCC(CC)Nc1nc(C)c(-c2ccc(OC)cc2C(C)O)nc1OC. The molecule has 2 rings (SSSR count). The maximum absolute atomic E-state index is 10.2. The lowest BCUT2D eigenvalue weighted by atomic mass is 9.99. The molecule has 0 aliphatic rings. The highest BCUT2D eigenvalue weighted by Gasteiger charge is 2.19. The predicted octanol–water partition coefficient (Wildman–Crippen LogP) is 4.12. The van der Waals surface area contributed by atoms with Crippen molar-refractivity contribution in [1.82, 2.24) is 9.97 Å². The zero-order valence-electron chi connectivity index (χ0n) is 16.5. The van der Waals surface area contributed by atoms with Crippen molar-refractivity contribution >= 4 is 5.82 Å². The highest BCUT2D eigenvalue weighted by atomic mass is 16.5. The summed E-state index contributed by atoms with van der Waals surface area (Å²) in [4.78, 5) is 9.37. The highest BCUT2D eigenvalue weighted by Crippen LogP contribution is 2.34. The number of methoxy groups -OCH3 is 2. The van der Waals surface area contributed by atoms with Gasteiger partial charge in [0, 0.05) is 11.6 Å². The molecule has 0 aliphatic heterocycles. The van der Waals surface area contributed by atoms with Gasteiger partial charge in [-0.3, -0.25) is 0 Å². The summed E-state index contributed by atoms with van der Waals surface area (Å²) in [7, 11) is 3.19. The van der Waals surface area contributed by atoms with Gasteiger partial charge in [-0.2, -0.15) is 0 Å². The minimum Gasteiger partial charge on any atom is -0.497 e. The second-order valence-electron chi connectivity index (χ2n) is 6.30. The molecule has 1 unspecified atom stereocenters. The van der Waals surface area contributed by atoms with Crippen LogP contribution in [-0.2, 0) is 0 Å². The van der Waals surface area contributed by atoms with Crippen LogP contribution in [0.5, 0.6) is 11.6 Å². The molecule has 0 aliphatic carbocycles. The van der Waals surface area contributed by atoms with Crippen molar-refractivity contribution in [2.75, 3.05) is 19.5 Å². The molecule has 6 heteroatoms. The quantitative estimate of drug-likeness (QED) is 0.738. The Morgan fingerprint density at radius 2 is 1.81 bits per heavy atom. The third kappa shape index (κ3) is 4.25. The molecule has 0 saturated carbocycles. The van der Waals surface area contributed by atoms with Crippen LogP contribution >= 0.6 is 0 Å². The van der Waals surface area contributed by atoms with Crippen molar-refractivity contribution in [2.45, 2.75) is 52.7 Å². The van der Waals surface area contributed by atoms with E-state index in [0.717, 1.165) is 29.7 Å². The Bertz CT molecular complexity index is 743. The molecule has 0 spiro atoms. The number of ether oxygens (including phenoxy) is 2. The lowest BCUT2D eigenvalue weighted by molar-refractivity contribution is 0.199. The maximum Gasteiger partial charge on any atom is 0.257 e. The number of aliphatic hydroxyl groups excluding tert-OH is 1. The monoisotopic (exact) mass is 359 g/mol. The lowest BCUT2D eigenvalue weighted by Crippen LogP contribution is -2.19. The van der Waals surface area contributed by atoms with Gasteiger partial charge >= 0.3 is 0 Å². The van der Waals surface area contributed by atoms with E-state index in [4.69, 9.17) is 9.47 Å². The molecule has 0 radical (unpaired) electrons. The van der Waals surface area contributed by atoms with E-state index in [2.05, 4.69) is 29.1 Å². The number of hydrogen-bond donors (Lipinski definition) is 2. The number of nitrogens with one attached hydrogen (secondary N) is 1. The number of aryl methyl sites for hydroxylation is 1. The van der Waals surface area contributed by atoms with Gasteiger partial charge < -0.3 is 19.9 Å². The topological polar surface area (TPSA) is 76.5 Å². The van der Waals surface area contributed by atoms with Crippen LogP contribution in [0.3, 0.4) is 0 Å². The van der Waals surface area contributed by atoms with Crippen LogP contribution < -0.4 is 14.8 Å². The molecule has 0 amide bonds. The molecule has 1 aromatic carbocycles. The summed E-state index contributed by atoms with van der Waals surface area (Å²) < 4.78 is 10.8. The van der Waals surface area contributed by atoms with Gasteiger partial charge in [-0.15, -0.1) is 0 Å². The van der Waals surface area contributed by atoms with Crippen molar-refractivity contribution in [3.05, 3.63) is 29.5 Å². The Kier molecular flexibility index (Phi) is 6.80. The Labute approximate surface area is 155 Å². The zero-order valence-corrected chi connectivity index (χ0v) is 16.5. The molecule has 0 bridgehead atoms. The third-order valence-corrected chi connectivity index (χ3v) is 4.52. The molecule has 26 heavy (non-hydrogen) atoms. The minimum absolute atomic E-state index is 0.317. The number of anilines is 1. The Morgan fingerprint density at radius 1 is 1.12 bits per heavy atom. The van der Waals surface area contributed by atoms with E-state index in [9.17, 15) is 5.11 Å². The predicted molar refractivity (Wildman–Crippen MR) is 104 cm³/mol. The van der Waals surface area contributed by atoms with Crippen molar-refractivity contribution < 1.29 is 14.6 Å². The van der Waals surface area contributed by atoms with Crippen LogP contribution in [0.15, 0.2) is 18.2 Å². The largest absolute Gasteiger partial charge is 0.497 e. The van der Waals surface area contributed by atoms with Crippen LogP contribution in [-0.4, -0.2) is 35.3 Å². The molecular weight excluding hydrogens is 330 g/mol. The van der Waals surface area contributed by atoms with Gasteiger partial charge in [0.2, 0.25) is 0 Å². The molecule has 2 N–H and O–H groups in total. The summed E-state index contributed by atoms with van der Waals surface area (Å²) in [5.74, 6) is 1.79. The van der Waals surface area contributed by atoms with Gasteiger partial charge in [-0.05, 0) is 50.5 Å². The number of hydrogen-bond acceptors (Lipinski definition) is 6. The molecule has 1 atom stereocenters. The number of rotatable bonds is 8. The van der Waals surface area contributed by atoms with Crippen LogP contribution in [0.2, 0.25) is 0 Å². The highest BCUT2D eigenvalue weighted by molar-refractivity contribution is 5.69. The van der Waals surface area contributed by atoms with Crippen molar-refractivity contribution in [3.63, 3.8) is 0 Å². The number of aromatic nitrogens is 2. The fourth-order valence-corrected chi connectivity index (χ4v) is 2.91. The average molecular weight is 359 g/mol. The van der Waals surface area contributed by atoms with E-state index in [1.54, 1.807) is 21.1 Å². The van der Waals surface area contributed by atoms with E-state index in [0.29, 0.717) is 29.2 Å². The molecule has 0 saturated heterocycles. The van der Waals surface area contributed by atoms with E-state index in [1.165, 1.54) is 0 Å². The van der Waals surface area contributed by atoms with Crippen LogP contribution in [0.1, 0.15) is 51.0 Å². The van der Waals surface area contributed by atoms with Crippen molar-refractivity contribution in [3.8, 4) is 22.9 Å². The Balaban J connectivity index is 2.54. The molecule has 1 aromatic heterocycles. The summed E-state index contributed by atoms with van der Waals surface area (Å²) in [6.45, 7) is 7.90. The van der Waals surface area contributed by atoms with E-state index in [1.807, 2.05) is 25.1 Å². The summed E-state index contributed by atoms with van der Waals surface area (Å²) in [5.41, 5.74) is 3.02. The Hall–Kier alpha value is -2.34. The fourth-order valence-electron chi connectivity index (χ4n) is 2.91. The molecule has 6 nitrogen and oxygen atoms in total. The van der Waals surface area contributed by atoms with Gasteiger partial charge in [-0.1, -0.05) is 13.8 Å². The first-order chi connectivity index (χ1) is 12.4. The third-order valence-electron chi connectivity index (χ3n) is 4.52. The van der Waals surface area contributed by atoms with Gasteiger partial charge in [0.25, 0.3) is 5.88 Å². The molecule has 1 heterocycles. The summed E-state index contributed by atoms with van der Waals surface area (Å²) >= 11 is 0. The number of aliphatic hydroxyl groups is 1. The Morgan fingerprint density at radius 3 is 2.35 bits per heavy atom. The van der Waals surface area contributed by atoms with Gasteiger partial charge in [0.05, 0.1) is 31.7 Å². The van der Waals surface area contributed by atoms with Gasteiger partial charge in [0.1, 0.15) is 5.75 Å². The normalized spacial score (nSPS) is 12.2. The molecule has 0 fully saturated rings. The second kappa shape index (κ2) is 8.85. The van der Waals surface area contributed by atoms with Crippen molar-refractivity contribution in [1.29, 1.82) is 0 Å². The van der Waals surface area contributed by atoms with Crippen molar-refractivity contribution in [2.24, 2.45) is 0 Å². The zero-order chi connectivity index (χ0) is 19.3. The standard InChI is InChI=1S/C20H29N3O3/c1-7-14(8-2)22-19-20(26-6)23-18(12(3)21-19)16-10-9-15(25-5)11-17(16)13(4)24/h9-11,13-14,24H,7-8H2,1-6H3,(H,21,22). The smallest absolute Gasteiger partial charge is 0.257 e. The summed E-state index contributed by atoms with van der Waals surface area (Å²) in [6.07, 6.45) is 1.33. The fraction of sp³-hybridized carbons (Fsp3) is 0.500. The van der Waals surface area contributed by atoms with Gasteiger partial charge in [0.15, 0.2) is 5.82 Å². The minimum atomic E-state index is -0.658. The second-order valence-corrected chi connectivity index (χ2v) is 6.30. The van der Waals surface area contributed by atoms with E-state index < -0.39 is 6.10 Å². The molecular formula is C20H29N3O3. The molecule has 142 valence electrons. The first kappa shape index (κ1) is 20.0. The van der Waals surface area contributed by atoms with E-state index in [-0.39, 0.29) is 0 Å².